The van der Waals surface area contributed by atoms with Gasteiger partial charge in [-0.3, -0.25) is 5.41 Å². The van der Waals surface area contributed by atoms with Crippen LogP contribution in [0, 0.1) is 10.8 Å². The average Bonchev–Trinajstić information content (AvgIpc) is 2.93. The number of hydrogen-bond acceptors (Lipinski definition) is 8. The Bertz CT molecular complexity index is 919. The summed E-state index contributed by atoms with van der Waals surface area (Å²) in [5.74, 6) is 0.418. The molecule has 4 rings (SSSR count). The molecule has 0 atom stereocenters. The van der Waals surface area contributed by atoms with Crippen LogP contribution in [0.25, 0.3) is 11.0 Å². The summed E-state index contributed by atoms with van der Waals surface area (Å²) in [6.45, 7) is 7.27. The first-order valence-corrected chi connectivity index (χ1v) is 9.23. The monoisotopic (exact) mass is 391 g/mol. The fourth-order valence-corrected chi connectivity index (χ4v) is 3.24. The Kier molecular flexibility index (Phi) is 4.65. The number of nitrogens with one attached hydrogen (secondary N) is 3. The van der Waals surface area contributed by atoms with Gasteiger partial charge in [-0.05, 0) is 6.92 Å². The summed E-state index contributed by atoms with van der Waals surface area (Å²) in [6.07, 6.45) is 2.33. The zero-order chi connectivity index (χ0) is 19.0. The van der Waals surface area contributed by atoms with E-state index in [2.05, 4.69) is 32.6 Å². The van der Waals surface area contributed by atoms with Gasteiger partial charge in [0.05, 0.1) is 25.2 Å². The van der Waals surface area contributed by atoms with E-state index in [1.165, 1.54) is 0 Å². The summed E-state index contributed by atoms with van der Waals surface area (Å²) in [6, 6.07) is 0. The summed E-state index contributed by atoms with van der Waals surface area (Å²) in [7, 11) is 0. The molecule has 2 bridgehead atoms. The smallest absolute Gasteiger partial charge is 0.232 e. The number of anilines is 1. The predicted octanol–water partition coefficient (Wildman–Crippen LogP) is 2.15. The van der Waals surface area contributed by atoms with E-state index < -0.39 is 0 Å². The zero-order valence-corrected chi connectivity index (χ0v) is 16.1. The molecule has 0 aliphatic carbocycles. The lowest BCUT2D eigenvalue weighted by atomic mass is 9.88. The molecule has 0 unspecified atom stereocenters. The molecule has 2 aliphatic heterocycles. The van der Waals surface area contributed by atoms with Gasteiger partial charge in [0.25, 0.3) is 0 Å². The first-order valence-electron chi connectivity index (χ1n) is 8.85. The van der Waals surface area contributed by atoms with Crippen LogP contribution in [0.5, 0.6) is 0 Å². The first kappa shape index (κ1) is 18.0. The summed E-state index contributed by atoms with van der Waals surface area (Å²) >= 11 is 6.18. The van der Waals surface area contributed by atoms with Gasteiger partial charge in [0.15, 0.2) is 10.8 Å². The third kappa shape index (κ3) is 3.57. The third-order valence-electron chi connectivity index (χ3n) is 4.72. The largest absolute Gasteiger partial charge is 0.476 e. The van der Waals surface area contributed by atoms with Gasteiger partial charge in [-0.15, -0.1) is 0 Å². The lowest BCUT2D eigenvalue weighted by molar-refractivity contribution is -0.0979. The van der Waals surface area contributed by atoms with Crippen LogP contribution in [-0.2, 0) is 16.0 Å². The van der Waals surface area contributed by atoms with Crippen molar-refractivity contribution in [2.45, 2.75) is 26.8 Å². The third-order valence-corrected chi connectivity index (χ3v) is 5.00. The van der Waals surface area contributed by atoms with Crippen molar-refractivity contribution in [3.05, 3.63) is 22.7 Å². The number of aryl methyl sites for hydroxylation is 1. The second-order valence-electron chi connectivity index (χ2n) is 7.26. The summed E-state index contributed by atoms with van der Waals surface area (Å²) < 4.78 is 12.7. The minimum absolute atomic E-state index is 0.0521. The van der Waals surface area contributed by atoms with Crippen molar-refractivity contribution >= 4 is 34.5 Å². The molecule has 0 aromatic carbocycles. The lowest BCUT2D eigenvalue weighted by Gasteiger charge is -2.38. The van der Waals surface area contributed by atoms with Crippen molar-refractivity contribution in [2.75, 3.05) is 31.7 Å². The molecule has 4 heterocycles. The standard InChI is InChI=1S/C17H22ClN7O2/c1-10(21-7-17(2)8-26-9-17)12-14(19)27-5-3-4-25-15-11(13(18)24-25)6-20-16(22-12)23-15/h6,19,21H,3-5,7-9H2,1-2H3,(H,20,22,23)/b12-10+,19-14?. The molecule has 10 heteroatoms. The van der Waals surface area contributed by atoms with Crippen molar-refractivity contribution in [3.63, 3.8) is 0 Å². The molecule has 27 heavy (non-hydrogen) atoms. The Morgan fingerprint density at radius 2 is 2.30 bits per heavy atom. The summed E-state index contributed by atoms with van der Waals surface area (Å²) in [4.78, 5) is 8.86. The number of ether oxygens (including phenoxy) is 2. The Labute approximate surface area is 161 Å². The molecule has 0 amide bonds. The lowest BCUT2D eigenvalue weighted by Crippen LogP contribution is -2.47. The van der Waals surface area contributed by atoms with Gasteiger partial charge in [0, 0.05) is 36.8 Å². The minimum atomic E-state index is 0.0521. The average molecular weight is 392 g/mol. The number of nitrogens with zero attached hydrogens (tertiary/aromatic N) is 4. The predicted molar refractivity (Wildman–Crippen MR) is 102 cm³/mol. The van der Waals surface area contributed by atoms with Crippen LogP contribution in [0.1, 0.15) is 20.3 Å². The van der Waals surface area contributed by atoms with Crippen LogP contribution in [0.4, 0.5) is 5.95 Å². The van der Waals surface area contributed by atoms with Gasteiger partial charge in [0.2, 0.25) is 11.8 Å². The molecule has 144 valence electrons. The van der Waals surface area contributed by atoms with Crippen molar-refractivity contribution in [3.8, 4) is 0 Å². The van der Waals surface area contributed by atoms with E-state index in [0.29, 0.717) is 47.4 Å². The van der Waals surface area contributed by atoms with Gasteiger partial charge in [0.1, 0.15) is 5.70 Å². The molecule has 2 aliphatic rings. The summed E-state index contributed by atoms with van der Waals surface area (Å²) in [5.41, 5.74) is 2.08. The molecule has 3 N–H and O–H groups in total. The van der Waals surface area contributed by atoms with Crippen LogP contribution in [-0.4, -0.2) is 52.0 Å². The Morgan fingerprint density at radius 3 is 3.04 bits per heavy atom. The van der Waals surface area contributed by atoms with Crippen molar-refractivity contribution in [1.29, 1.82) is 5.41 Å². The van der Waals surface area contributed by atoms with Crippen molar-refractivity contribution in [2.24, 2.45) is 5.41 Å². The number of allylic oxidation sites excluding steroid dienone is 1. The Morgan fingerprint density at radius 1 is 1.48 bits per heavy atom. The van der Waals surface area contributed by atoms with Crippen molar-refractivity contribution < 1.29 is 9.47 Å². The number of rotatable bonds is 3. The molecule has 1 fully saturated rings. The quantitative estimate of drug-likeness (QED) is 0.735. The maximum atomic E-state index is 8.33. The molecular weight excluding hydrogens is 370 g/mol. The van der Waals surface area contributed by atoms with E-state index in [1.54, 1.807) is 10.9 Å². The van der Waals surface area contributed by atoms with Gasteiger partial charge >= 0.3 is 0 Å². The first-order chi connectivity index (χ1) is 13.0. The van der Waals surface area contributed by atoms with E-state index in [0.717, 1.165) is 25.5 Å². The second-order valence-corrected chi connectivity index (χ2v) is 7.62. The Balaban J connectivity index is 1.65. The molecule has 2 aromatic heterocycles. The van der Waals surface area contributed by atoms with E-state index in [9.17, 15) is 0 Å². The van der Waals surface area contributed by atoms with Crippen LogP contribution in [0.2, 0.25) is 5.15 Å². The second kappa shape index (κ2) is 6.97. The maximum Gasteiger partial charge on any atom is 0.232 e. The topological polar surface area (TPSA) is 110 Å². The highest BCUT2D eigenvalue weighted by Crippen LogP contribution is 2.26. The van der Waals surface area contributed by atoms with E-state index in [1.807, 2.05) is 6.92 Å². The van der Waals surface area contributed by atoms with E-state index in [4.69, 9.17) is 26.5 Å². The summed E-state index contributed by atoms with van der Waals surface area (Å²) in [5, 5.41) is 20.2. The fraction of sp³-hybridized carbons (Fsp3) is 0.529. The number of aromatic nitrogens is 4. The fourth-order valence-electron chi connectivity index (χ4n) is 3.02. The van der Waals surface area contributed by atoms with Gasteiger partial charge in [-0.2, -0.15) is 10.1 Å². The van der Waals surface area contributed by atoms with E-state index in [-0.39, 0.29) is 11.3 Å². The molecule has 2 aromatic rings. The molecule has 1 saturated heterocycles. The van der Waals surface area contributed by atoms with Crippen LogP contribution < -0.4 is 10.6 Å². The molecule has 9 nitrogen and oxygen atoms in total. The van der Waals surface area contributed by atoms with Crippen molar-refractivity contribution in [1.82, 2.24) is 25.1 Å². The minimum Gasteiger partial charge on any atom is -0.476 e. The Hall–Kier alpha value is -2.39. The number of hydrogen-bond donors (Lipinski definition) is 3. The highest BCUT2D eigenvalue weighted by Gasteiger charge is 2.33. The van der Waals surface area contributed by atoms with Gasteiger partial charge in [-0.25, -0.2) is 9.67 Å². The zero-order valence-electron chi connectivity index (χ0n) is 15.3. The highest BCUT2D eigenvalue weighted by atomic mass is 35.5. The van der Waals surface area contributed by atoms with Gasteiger partial charge < -0.3 is 20.1 Å². The SMILES string of the molecule is C/C(NCC1(C)COC1)=C1\Nc2ncc3c(Cl)nn(c3n2)CCCOC1=N. The molecule has 0 radical (unpaired) electrons. The molecule has 0 spiro atoms. The number of fused-ring (bicyclic) bond motifs is 1. The van der Waals surface area contributed by atoms with Gasteiger partial charge in [-0.1, -0.05) is 18.5 Å². The van der Waals surface area contributed by atoms with E-state index >= 15 is 0 Å². The maximum absolute atomic E-state index is 8.33. The normalized spacial score (nSPS) is 21.1. The van der Waals surface area contributed by atoms with Crippen LogP contribution in [0.3, 0.4) is 0 Å². The van der Waals surface area contributed by atoms with Crippen LogP contribution in [0.15, 0.2) is 17.6 Å². The highest BCUT2D eigenvalue weighted by molar-refractivity contribution is 6.34. The molecular formula is C17H22ClN7O2. The molecule has 0 saturated carbocycles. The number of halogens is 1. The van der Waals surface area contributed by atoms with Crippen LogP contribution >= 0.6 is 11.6 Å².